The number of hydrogen-bond donors (Lipinski definition) is 1. The number of rotatable bonds is 5. The van der Waals surface area contributed by atoms with E-state index >= 15 is 0 Å². The average Bonchev–Trinajstić information content (AvgIpc) is 3.17. The van der Waals surface area contributed by atoms with E-state index in [9.17, 15) is 8.42 Å². The van der Waals surface area contributed by atoms with Gasteiger partial charge in [0.2, 0.25) is 0 Å². The van der Waals surface area contributed by atoms with Gasteiger partial charge in [0.15, 0.2) is 5.03 Å². The Bertz CT molecular complexity index is 796. The van der Waals surface area contributed by atoms with Gasteiger partial charge in [-0.1, -0.05) is 0 Å². The minimum Gasteiger partial charge on any atom is -0.372 e. The Kier molecular flexibility index (Phi) is 4.75. The van der Waals surface area contributed by atoms with Crippen LogP contribution in [0.15, 0.2) is 29.9 Å². The first-order valence-corrected chi connectivity index (χ1v) is 9.51. The van der Waals surface area contributed by atoms with Gasteiger partial charge in [-0.15, -0.1) is 0 Å². The van der Waals surface area contributed by atoms with Gasteiger partial charge in [-0.25, -0.2) is 18.1 Å². The molecule has 8 nitrogen and oxygen atoms in total. The van der Waals surface area contributed by atoms with Gasteiger partial charge in [-0.2, -0.15) is 5.10 Å². The smallest absolute Gasteiger partial charge is 0.259 e. The standard InChI is InChI=1S/C15H23N5O3S/c1-11(2)20-9-14(16-10-20)24(21,22)18-13-5-4-6-23-15(13)12-7-17-19(3)8-12/h7-11,13,15,18H,4-6H2,1-3H3/t13-,15+/m0/s1. The van der Waals surface area contributed by atoms with E-state index in [1.807, 2.05) is 27.1 Å². The fraction of sp³-hybridized carbons (Fsp3) is 0.600. The van der Waals surface area contributed by atoms with Crippen LogP contribution in [0.25, 0.3) is 0 Å². The van der Waals surface area contributed by atoms with Crippen LogP contribution in [-0.2, 0) is 21.8 Å². The molecule has 0 bridgehead atoms. The second-order valence-corrected chi connectivity index (χ2v) is 8.02. The van der Waals surface area contributed by atoms with E-state index in [-0.39, 0.29) is 23.2 Å². The van der Waals surface area contributed by atoms with Crippen molar-refractivity contribution in [2.45, 2.75) is 49.9 Å². The van der Waals surface area contributed by atoms with Crippen LogP contribution in [0.1, 0.15) is 44.4 Å². The van der Waals surface area contributed by atoms with Gasteiger partial charge in [0.05, 0.1) is 18.6 Å². The van der Waals surface area contributed by atoms with Crippen molar-refractivity contribution >= 4 is 10.0 Å². The van der Waals surface area contributed by atoms with Crippen molar-refractivity contribution in [1.29, 1.82) is 0 Å². The molecule has 1 N–H and O–H groups in total. The van der Waals surface area contributed by atoms with Gasteiger partial charge >= 0.3 is 0 Å². The fourth-order valence-corrected chi connectivity index (χ4v) is 4.02. The third kappa shape index (κ3) is 3.52. The van der Waals surface area contributed by atoms with Gasteiger partial charge in [-0.05, 0) is 26.7 Å². The molecule has 2 atom stereocenters. The second-order valence-electron chi connectivity index (χ2n) is 6.36. The highest BCUT2D eigenvalue weighted by Gasteiger charge is 2.33. The van der Waals surface area contributed by atoms with Crippen LogP contribution in [0.2, 0.25) is 0 Å². The molecule has 2 aromatic rings. The van der Waals surface area contributed by atoms with Gasteiger partial charge < -0.3 is 9.30 Å². The van der Waals surface area contributed by atoms with Gasteiger partial charge in [0.25, 0.3) is 10.0 Å². The topological polar surface area (TPSA) is 91.0 Å². The van der Waals surface area contributed by atoms with Gasteiger partial charge in [0, 0.05) is 37.7 Å². The average molecular weight is 353 g/mol. The second kappa shape index (κ2) is 6.66. The number of aryl methyl sites for hydroxylation is 1. The lowest BCUT2D eigenvalue weighted by molar-refractivity contribution is -0.00448. The van der Waals surface area contributed by atoms with Gasteiger partial charge in [-0.3, -0.25) is 4.68 Å². The number of sulfonamides is 1. The quantitative estimate of drug-likeness (QED) is 0.877. The molecule has 9 heteroatoms. The van der Waals surface area contributed by atoms with E-state index in [4.69, 9.17) is 4.74 Å². The number of imidazole rings is 1. The highest BCUT2D eigenvalue weighted by atomic mass is 32.2. The molecule has 1 saturated heterocycles. The van der Waals surface area contributed by atoms with E-state index in [2.05, 4.69) is 14.8 Å². The molecule has 0 radical (unpaired) electrons. The van der Waals surface area contributed by atoms with Crippen molar-refractivity contribution in [3.05, 3.63) is 30.5 Å². The zero-order chi connectivity index (χ0) is 17.3. The first-order valence-electron chi connectivity index (χ1n) is 8.03. The highest BCUT2D eigenvalue weighted by Crippen LogP contribution is 2.29. The van der Waals surface area contributed by atoms with Crippen LogP contribution in [0, 0.1) is 0 Å². The Hall–Kier alpha value is -1.71. The molecule has 0 aromatic carbocycles. The maximum absolute atomic E-state index is 12.7. The predicted octanol–water partition coefficient (Wildman–Crippen LogP) is 1.40. The molecule has 0 aliphatic carbocycles. The van der Waals surface area contributed by atoms with Crippen molar-refractivity contribution in [3.63, 3.8) is 0 Å². The van der Waals surface area contributed by atoms with Crippen molar-refractivity contribution in [2.75, 3.05) is 6.61 Å². The lowest BCUT2D eigenvalue weighted by Gasteiger charge is -2.31. The number of hydrogen-bond acceptors (Lipinski definition) is 5. The van der Waals surface area contributed by atoms with Crippen LogP contribution < -0.4 is 4.72 Å². The first kappa shape index (κ1) is 17.1. The van der Waals surface area contributed by atoms with E-state index in [1.54, 1.807) is 21.6 Å². The molecule has 2 aromatic heterocycles. The van der Waals surface area contributed by atoms with E-state index in [0.717, 1.165) is 12.0 Å². The summed E-state index contributed by atoms with van der Waals surface area (Å²) < 4.78 is 37.3. The van der Waals surface area contributed by atoms with Gasteiger partial charge in [0.1, 0.15) is 6.10 Å². The molecule has 132 valence electrons. The molecule has 1 fully saturated rings. The molecular weight excluding hydrogens is 330 g/mol. The number of ether oxygens (including phenoxy) is 1. The first-order chi connectivity index (χ1) is 11.4. The highest BCUT2D eigenvalue weighted by molar-refractivity contribution is 7.89. The summed E-state index contributed by atoms with van der Waals surface area (Å²) >= 11 is 0. The Labute approximate surface area is 141 Å². The van der Waals surface area contributed by atoms with Crippen molar-refractivity contribution in [1.82, 2.24) is 24.1 Å². The summed E-state index contributed by atoms with van der Waals surface area (Å²) in [4.78, 5) is 4.03. The Morgan fingerprint density at radius 2 is 2.17 bits per heavy atom. The van der Waals surface area contributed by atoms with E-state index in [1.165, 1.54) is 6.33 Å². The number of nitrogens with one attached hydrogen (secondary N) is 1. The van der Waals surface area contributed by atoms with Crippen molar-refractivity contribution in [3.8, 4) is 0 Å². The lowest BCUT2D eigenvalue weighted by Crippen LogP contribution is -2.42. The molecule has 3 heterocycles. The largest absolute Gasteiger partial charge is 0.372 e. The van der Waals surface area contributed by atoms with Crippen LogP contribution in [-0.4, -0.2) is 40.4 Å². The fourth-order valence-electron chi connectivity index (χ4n) is 2.82. The Morgan fingerprint density at radius 3 is 2.79 bits per heavy atom. The minimum atomic E-state index is -3.70. The lowest BCUT2D eigenvalue weighted by atomic mass is 9.99. The summed E-state index contributed by atoms with van der Waals surface area (Å²) in [6.07, 6.45) is 7.84. The molecule has 0 unspecified atom stereocenters. The number of aromatic nitrogens is 4. The summed E-state index contributed by atoms with van der Waals surface area (Å²) in [6.45, 7) is 4.55. The molecular formula is C15H23N5O3S. The number of nitrogens with zero attached hydrogens (tertiary/aromatic N) is 4. The third-order valence-corrected chi connectivity index (χ3v) is 5.51. The predicted molar refractivity (Wildman–Crippen MR) is 87.9 cm³/mol. The summed E-state index contributed by atoms with van der Waals surface area (Å²) in [6, 6.07) is -0.181. The maximum atomic E-state index is 12.7. The van der Waals surface area contributed by atoms with Crippen molar-refractivity contribution in [2.24, 2.45) is 7.05 Å². The normalized spacial score (nSPS) is 22.2. The van der Waals surface area contributed by atoms with E-state index < -0.39 is 10.0 Å². The summed E-state index contributed by atoms with van der Waals surface area (Å²) in [5, 5.41) is 4.18. The zero-order valence-corrected chi connectivity index (χ0v) is 14.9. The van der Waals surface area contributed by atoms with Crippen LogP contribution >= 0.6 is 0 Å². The molecule has 0 spiro atoms. The maximum Gasteiger partial charge on any atom is 0.259 e. The summed E-state index contributed by atoms with van der Waals surface area (Å²) in [5.74, 6) is 0. The van der Waals surface area contributed by atoms with Crippen LogP contribution in [0.5, 0.6) is 0 Å². The van der Waals surface area contributed by atoms with Crippen molar-refractivity contribution < 1.29 is 13.2 Å². The summed E-state index contributed by atoms with van der Waals surface area (Å²) in [5.41, 5.74) is 0.873. The van der Waals surface area contributed by atoms with Crippen LogP contribution in [0.4, 0.5) is 0 Å². The molecule has 3 rings (SSSR count). The molecule has 24 heavy (non-hydrogen) atoms. The SMILES string of the molecule is CC(C)n1cnc(S(=O)(=O)N[C@H]2CCCO[C@@H]2c2cnn(C)c2)c1. The molecule has 1 aliphatic rings. The molecule has 0 amide bonds. The summed E-state index contributed by atoms with van der Waals surface area (Å²) in [7, 11) is -1.87. The Morgan fingerprint density at radius 1 is 1.38 bits per heavy atom. The third-order valence-electron chi connectivity index (χ3n) is 4.13. The molecule has 1 aliphatic heterocycles. The molecule has 0 saturated carbocycles. The Balaban J connectivity index is 1.81. The minimum absolute atomic E-state index is 0.0340. The zero-order valence-electron chi connectivity index (χ0n) is 14.1. The van der Waals surface area contributed by atoms with Crippen LogP contribution in [0.3, 0.4) is 0 Å². The monoisotopic (exact) mass is 353 g/mol. The van der Waals surface area contributed by atoms with E-state index in [0.29, 0.717) is 13.0 Å².